The van der Waals surface area contributed by atoms with E-state index in [1.807, 2.05) is 6.92 Å². The van der Waals surface area contributed by atoms with Gasteiger partial charge in [0, 0.05) is 0 Å². The van der Waals surface area contributed by atoms with Crippen LogP contribution in [0.25, 0.3) is 0 Å². The summed E-state index contributed by atoms with van der Waals surface area (Å²) in [5, 5.41) is 28.1. The number of aliphatic hydroxyl groups is 3. The van der Waals surface area contributed by atoms with Crippen LogP contribution in [-0.2, 0) is 9.47 Å². The van der Waals surface area contributed by atoms with Gasteiger partial charge in [-0.3, -0.25) is 0 Å². The SMILES string of the molecule is Cc1ccc(C(=O)OC2O[C@H](CO)[C@@H](O)[C@@H]2O)cc1. The molecule has 2 rings (SSSR count). The maximum absolute atomic E-state index is 11.8. The molecule has 1 aliphatic heterocycles. The predicted octanol–water partition coefficient (Wildman–Crippen LogP) is -0.409. The first-order chi connectivity index (χ1) is 9.02. The molecule has 1 heterocycles. The Kier molecular flexibility index (Phi) is 4.16. The normalized spacial score (nSPS) is 30.3. The van der Waals surface area contributed by atoms with Crippen LogP contribution in [0.4, 0.5) is 0 Å². The van der Waals surface area contributed by atoms with E-state index < -0.39 is 37.2 Å². The second kappa shape index (κ2) is 5.66. The minimum absolute atomic E-state index is 0.323. The van der Waals surface area contributed by atoms with Gasteiger partial charge in [0.2, 0.25) is 6.29 Å². The van der Waals surface area contributed by atoms with Crippen molar-refractivity contribution in [1.29, 1.82) is 0 Å². The summed E-state index contributed by atoms with van der Waals surface area (Å²) in [6.07, 6.45) is -4.88. The van der Waals surface area contributed by atoms with Gasteiger partial charge in [-0.2, -0.15) is 0 Å². The van der Waals surface area contributed by atoms with Gasteiger partial charge in [0.1, 0.15) is 18.3 Å². The van der Waals surface area contributed by atoms with Gasteiger partial charge in [-0.1, -0.05) is 17.7 Å². The number of esters is 1. The molecule has 4 atom stereocenters. The lowest BCUT2D eigenvalue weighted by Gasteiger charge is -2.15. The van der Waals surface area contributed by atoms with Crippen LogP contribution in [0.2, 0.25) is 0 Å². The molecule has 0 aromatic heterocycles. The molecule has 0 spiro atoms. The number of ether oxygens (including phenoxy) is 2. The van der Waals surface area contributed by atoms with Crippen molar-refractivity contribution in [2.75, 3.05) is 6.61 Å². The Hall–Kier alpha value is -1.47. The fourth-order valence-corrected chi connectivity index (χ4v) is 1.83. The van der Waals surface area contributed by atoms with Crippen LogP contribution in [0.3, 0.4) is 0 Å². The summed E-state index contributed by atoms with van der Waals surface area (Å²) < 4.78 is 10.0. The molecule has 1 aliphatic rings. The van der Waals surface area contributed by atoms with Crippen molar-refractivity contribution < 1.29 is 29.6 Å². The highest BCUT2D eigenvalue weighted by molar-refractivity contribution is 5.89. The predicted molar refractivity (Wildman–Crippen MR) is 64.4 cm³/mol. The van der Waals surface area contributed by atoms with E-state index in [1.54, 1.807) is 24.3 Å². The third kappa shape index (κ3) is 2.93. The van der Waals surface area contributed by atoms with Gasteiger partial charge in [0.05, 0.1) is 12.2 Å². The van der Waals surface area contributed by atoms with Gasteiger partial charge in [-0.25, -0.2) is 4.79 Å². The Morgan fingerprint density at radius 1 is 1.26 bits per heavy atom. The van der Waals surface area contributed by atoms with Crippen molar-refractivity contribution in [1.82, 2.24) is 0 Å². The molecule has 0 amide bonds. The summed E-state index contributed by atoms with van der Waals surface area (Å²) >= 11 is 0. The highest BCUT2D eigenvalue weighted by Gasteiger charge is 2.44. The highest BCUT2D eigenvalue weighted by Crippen LogP contribution is 2.23. The van der Waals surface area contributed by atoms with E-state index in [0.717, 1.165) is 5.56 Å². The Morgan fingerprint density at radius 2 is 1.89 bits per heavy atom. The molecule has 6 heteroatoms. The second-order valence-corrected chi connectivity index (χ2v) is 4.48. The van der Waals surface area contributed by atoms with Crippen LogP contribution < -0.4 is 0 Å². The number of hydrogen-bond donors (Lipinski definition) is 3. The van der Waals surface area contributed by atoms with E-state index in [1.165, 1.54) is 0 Å². The first-order valence-corrected chi connectivity index (χ1v) is 5.93. The molecule has 104 valence electrons. The van der Waals surface area contributed by atoms with E-state index in [-0.39, 0.29) is 0 Å². The quantitative estimate of drug-likeness (QED) is 0.645. The third-order valence-corrected chi connectivity index (χ3v) is 3.01. The molecule has 6 nitrogen and oxygen atoms in total. The fourth-order valence-electron chi connectivity index (χ4n) is 1.83. The maximum Gasteiger partial charge on any atom is 0.340 e. The molecule has 0 saturated carbocycles. The fraction of sp³-hybridized carbons (Fsp3) is 0.462. The molecular formula is C13H16O6. The van der Waals surface area contributed by atoms with Gasteiger partial charge in [-0.05, 0) is 19.1 Å². The molecule has 1 unspecified atom stereocenters. The monoisotopic (exact) mass is 268 g/mol. The molecule has 3 N–H and O–H groups in total. The molecule has 0 bridgehead atoms. The van der Waals surface area contributed by atoms with Crippen molar-refractivity contribution in [2.24, 2.45) is 0 Å². The van der Waals surface area contributed by atoms with Crippen molar-refractivity contribution >= 4 is 5.97 Å². The van der Waals surface area contributed by atoms with E-state index in [0.29, 0.717) is 5.56 Å². The zero-order chi connectivity index (χ0) is 14.0. The van der Waals surface area contributed by atoms with Crippen molar-refractivity contribution in [3.63, 3.8) is 0 Å². The molecule has 19 heavy (non-hydrogen) atoms. The van der Waals surface area contributed by atoms with Gasteiger partial charge in [0.15, 0.2) is 0 Å². The topological polar surface area (TPSA) is 96.2 Å². The molecule has 1 aromatic carbocycles. The third-order valence-electron chi connectivity index (χ3n) is 3.01. The van der Waals surface area contributed by atoms with Crippen LogP contribution in [0, 0.1) is 6.92 Å². The molecule has 1 aromatic rings. The standard InChI is InChI=1S/C13H16O6/c1-7-2-4-8(5-3-7)12(17)19-13-11(16)10(15)9(6-14)18-13/h2-5,9-11,13-16H,6H2,1H3/t9-,10-,11+,13?/m1/s1. The van der Waals surface area contributed by atoms with Crippen molar-refractivity contribution in [3.8, 4) is 0 Å². The minimum Gasteiger partial charge on any atom is -0.429 e. The maximum atomic E-state index is 11.8. The van der Waals surface area contributed by atoms with Crippen LogP contribution in [-0.4, -0.2) is 52.5 Å². The number of rotatable bonds is 3. The lowest BCUT2D eigenvalue weighted by molar-refractivity contribution is -0.139. The number of aliphatic hydroxyl groups excluding tert-OH is 3. The second-order valence-electron chi connectivity index (χ2n) is 4.48. The van der Waals surface area contributed by atoms with Crippen LogP contribution in [0.5, 0.6) is 0 Å². The number of carbonyl (C=O) groups is 1. The molecule has 1 fully saturated rings. The summed E-state index contributed by atoms with van der Waals surface area (Å²) in [6, 6.07) is 6.71. The first kappa shape index (κ1) is 14.0. The zero-order valence-electron chi connectivity index (χ0n) is 10.4. The first-order valence-electron chi connectivity index (χ1n) is 5.93. The number of hydrogen-bond acceptors (Lipinski definition) is 6. The summed E-state index contributed by atoms with van der Waals surface area (Å²) in [5.41, 5.74) is 1.33. The molecule has 0 aliphatic carbocycles. The molecule has 1 saturated heterocycles. The van der Waals surface area contributed by atoms with Crippen LogP contribution >= 0.6 is 0 Å². The number of benzene rings is 1. The van der Waals surface area contributed by atoms with E-state index in [9.17, 15) is 15.0 Å². The Labute approximate surface area is 110 Å². The van der Waals surface area contributed by atoms with Gasteiger partial charge in [-0.15, -0.1) is 0 Å². The van der Waals surface area contributed by atoms with Gasteiger partial charge >= 0.3 is 5.97 Å². The average molecular weight is 268 g/mol. The lowest BCUT2D eigenvalue weighted by atomic mass is 10.1. The Balaban J connectivity index is 2.01. The summed E-state index contributed by atoms with van der Waals surface area (Å²) in [5.74, 6) is -0.658. The highest BCUT2D eigenvalue weighted by atomic mass is 16.7. The van der Waals surface area contributed by atoms with E-state index in [2.05, 4.69) is 0 Å². The minimum atomic E-state index is -1.37. The van der Waals surface area contributed by atoms with Crippen molar-refractivity contribution in [2.45, 2.75) is 31.5 Å². The Morgan fingerprint density at radius 3 is 2.42 bits per heavy atom. The van der Waals surface area contributed by atoms with Crippen molar-refractivity contribution in [3.05, 3.63) is 35.4 Å². The summed E-state index contributed by atoms with van der Waals surface area (Å²) in [6.45, 7) is 1.43. The van der Waals surface area contributed by atoms with Gasteiger partial charge in [0.25, 0.3) is 0 Å². The zero-order valence-corrected chi connectivity index (χ0v) is 10.4. The van der Waals surface area contributed by atoms with E-state index >= 15 is 0 Å². The van der Waals surface area contributed by atoms with Crippen LogP contribution in [0.15, 0.2) is 24.3 Å². The summed E-state index contributed by atoms with van der Waals surface area (Å²) in [4.78, 5) is 11.8. The summed E-state index contributed by atoms with van der Waals surface area (Å²) in [7, 11) is 0. The Bertz CT molecular complexity index is 443. The lowest BCUT2D eigenvalue weighted by Crippen LogP contribution is -2.35. The largest absolute Gasteiger partial charge is 0.429 e. The van der Waals surface area contributed by atoms with Crippen LogP contribution in [0.1, 0.15) is 15.9 Å². The number of carbonyl (C=O) groups excluding carboxylic acids is 1. The smallest absolute Gasteiger partial charge is 0.340 e. The van der Waals surface area contributed by atoms with E-state index in [4.69, 9.17) is 14.6 Å². The molecular weight excluding hydrogens is 252 g/mol. The van der Waals surface area contributed by atoms with Gasteiger partial charge < -0.3 is 24.8 Å². The molecule has 0 radical (unpaired) electrons. The number of aryl methyl sites for hydroxylation is 1. The average Bonchev–Trinajstić information content (AvgIpc) is 2.67.